The Balaban J connectivity index is 2.39. The number of rotatable bonds is 2. The van der Waals surface area contributed by atoms with Gasteiger partial charge in [-0.1, -0.05) is 6.92 Å². The summed E-state index contributed by atoms with van der Waals surface area (Å²) in [6, 6.07) is 1.03. The first kappa shape index (κ1) is 12.1. The molecule has 0 spiro atoms. The van der Waals surface area contributed by atoms with E-state index in [0.29, 0.717) is 12.2 Å². The minimum absolute atomic E-state index is 0.0123. The molecule has 5 N–H and O–H groups in total. The van der Waals surface area contributed by atoms with Gasteiger partial charge in [-0.3, -0.25) is 14.9 Å². The molecule has 1 aliphatic rings. The van der Waals surface area contributed by atoms with Gasteiger partial charge in [-0.15, -0.1) is 0 Å². The maximum absolute atomic E-state index is 11.7. The number of amides is 2. The van der Waals surface area contributed by atoms with Gasteiger partial charge in [0.25, 0.3) is 0 Å². The van der Waals surface area contributed by atoms with Gasteiger partial charge in [-0.2, -0.15) is 9.97 Å². The van der Waals surface area contributed by atoms with Crippen molar-refractivity contribution in [1.82, 2.24) is 15.3 Å². The highest BCUT2D eigenvalue weighted by Gasteiger charge is 2.33. The van der Waals surface area contributed by atoms with Crippen LogP contribution in [0.5, 0.6) is 0 Å². The van der Waals surface area contributed by atoms with Crippen LogP contribution in [-0.4, -0.2) is 34.4 Å². The lowest BCUT2D eigenvalue weighted by atomic mass is 10.1. The lowest BCUT2D eigenvalue weighted by molar-refractivity contribution is -0.132. The Morgan fingerprint density at radius 2 is 2.17 bits per heavy atom. The number of nitrogens with two attached hydrogens (primary N) is 2. The normalized spacial score (nSPS) is 19.8. The molecular formula is C10H14N6O2. The quantitative estimate of drug-likeness (QED) is 0.567. The number of imide groups is 1. The molecule has 0 bridgehead atoms. The van der Waals surface area contributed by atoms with E-state index in [1.54, 1.807) is 4.90 Å². The zero-order valence-corrected chi connectivity index (χ0v) is 9.88. The highest BCUT2D eigenvalue weighted by atomic mass is 16.2. The number of nitrogen functional groups attached to an aromatic ring is 2. The Hall–Kier alpha value is -2.38. The highest BCUT2D eigenvalue weighted by Crippen LogP contribution is 2.20. The molecule has 2 heterocycles. The highest BCUT2D eigenvalue weighted by molar-refractivity contribution is 6.04. The van der Waals surface area contributed by atoms with Crippen LogP contribution in [0.3, 0.4) is 0 Å². The van der Waals surface area contributed by atoms with E-state index >= 15 is 0 Å². The number of nitrogens with one attached hydrogen (secondary N) is 1. The summed E-state index contributed by atoms with van der Waals surface area (Å²) in [6.45, 7) is 1.89. The van der Waals surface area contributed by atoms with E-state index in [1.807, 2.05) is 6.92 Å². The zero-order chi connectivity index (χ0) is 13.3. The molecular weight excluding hydrogens is 236 g/mol. The first-order chi connectivity index (χ1) is 8.51. The van der Waals surface area contributed by atoms with Gasteiger partial charge in [0, 0.05) is 6.07 Å². The van der Waals surface area contributed by atoms with Gasteiger partial charge < -0.3 is 16.4 Å². The molecule has 2 amide bonds. The SMILES string of the molecule is CCC1C(=O)NC(=O)CN1c1cc(N)nc(N)n1. The smallest absolute Gasteiger partial charge is 0.249 e. The van der Waals surface area contributed by atoms with Crippen molar-refractivity contribution in [2.75, 3.05) is 22.9 Å². The van der Waals surface area contributed by atoms with Crippen LogP contribution in [0.4, 0.5) is 17.6 Å². The third kappa shape index (κ3) is 2.17. The Labute approximate surface area is 103 Å². The molecule has 1 atom stereocenters. The summed E-state index contributed by atoms with van der Waals surface area (Å²) in [5.74, 6) is -0.121. The number of nitrogens with zero attached hydrogens (tertiary/aromatic N) is 3. The lowest BCUT2D eigenvalue weighted by Gasteiger charge is -2.34. The zero-order valence-electron chi connectivity index (χ0n) is 9.88. The van der Waals surface area contributed by atoms with Crippen LogP contribution in [0.2, 0.25) is 0 Å². The minimum Gasteiger partial charge on any atom is -0.383 e. The van der Waals surface area contributed by atoms with Crippen molar-refractivity contribution in [1.29, 1.82) is 0 Å². The van der Waals surface area contributed by atoms with Crippen molar-refractivity contribution >= 4 is 29.4 Å². The summed E-state index contributed by atoms with van der Waals surface area (Å²) in [7, 11) is 0. The first-order valence-electron chi connectivity index (χ1n) is 5.51. The van der Waals surface area contributed by atoms with Crippen molar-refractivity contribution in [3.8, 4) is 0 Å². The van der Waals surface area contributed by atoms with Gasteiger partial charge in [0.05, 0.1) is 6.54 Å². The fraction of sp³-hybridized carbons (Fsp3) is 0.400. The van der Waals surface area contributed by atoms with Gasteiger partial charge in [-0.25, -0.2) is 0 Å². The molecule has 2 rings (SSSR count). The fourth-order valence-electron chi connectivity index (χ4n) is 1.93. The Morgan fingerprint density at radius 3 is 2.78 bits per heavy atom. The summed E-state index contributed by atoms with van der Waals surface area (Å²) in [6.07, 6.45) is 0.545. The van der Waals surface area contributed by atoms with Gasteiger partial charge in [0.1, 0.15) is 17.7 Å². The molecule has 0 aliphatic carbocycles. The van der Waals surface area contributed by atoms with Crippen molar-refractivity contribution < 1.29 is 9.59 Å². The first-order valence-corrected chi connectivity index (χ1v) is 5.51. The average molecular weight is 250 g/mol. The van der Waals surface area contributed by atoms with E-state index in [4.69, 9.17) is 11.5 Å². The van der Waals surface area contributed by atoms with E-state index in [0.717, 1.165) is 0 Å². The molecule has 1 aromatic rings. The third-order valence-electron chi connectivity index (χ3n) is 2.69. The van der Waals surface area contributed by atoms with Gasteiger partial charge in [0.15, 0.2) is 0 Å². The predicted molar refractivity (Wildman–Crippen MR) is 65.4 cm³/mol. The maximum atomic E-state index is 11.7. The third-order valence-corrected chi connectivity index (χ3v) is 2.69. The van der Waals surface area contributed by atoms with Gasteiger partial charge in [-0.05, 0) is 6.42 Å². The molecule has 0 radical (unpaired) electrons. The second kappa shape index (κ2) is 4.47. The number of carbonyl (C=O) groups is 2. The Kier molecular flexibility index (Phi) is 3.00. The van der Waals surface area contributed by atoms with Crippen LogP contribution >= 0.6 is 0 Å². The number of anilines is 3. The summed E-state index contributed by atoms with van der Waals surface area (Å²) in [5.41, 5.74) is 11.1. The number of carbonyl (C=O) groups excluding carboxylic acids is 2. The summed E-state index contributed by atoms with van der Waals surface area (Å²) in [5, 5.41) is 2.28. The van der Waals surface area contributed by atoms with Crippen LogP contribution in [0.25, 0.3) is 0 Å². The molecule has 1 saturated heterocycles. The van der Waals surface area contributed by atoms with Crippen molar-refractivity contribution in [2.24, 2.45) is 0 Å². The molecule has 8 nitrogen and oxygen atoms in total. The van der Waals surface area contributed by atoms with E-state index in [2.05, 4.69) is 15.3 Å². The second-order valence-corrected chi connectivity index (χ2v) is 3.97. The Bertz CT molecular complexity index is 483. The maximum Gasteiger partial charge on any atom is 0.249 e. The van der Waals surface area contributed by atoms with E-state index in [1.165, 1.54) is 6.07 Å². The topological polar surface area (TPSA) is 127 Å². The molecule has 1 aliphatic heterocycles. The average Bonchev–Trinajstić information content (AvgIpc) is 2.26. The Morgan fingerprint density at radius 1 is 1.44 bits per heavy atom. The predicted octanol–water partition coefficient (Wildman–Crippen LogP) is -1.12. The number of piperazine rings is 1. The molecule has 8 heteroatoms. The van der Waals surface area contributed by atoms with Crippen LogP contribution in [-0.2, 0) is 9.59 Å². The molecule has 96 valence electrons. The van der Waals surface area contributed by atoms with E-state index in [-0.39, 0.29) is 30.1 Å². The molecule has 1 fully saturated rings. The standard InChI is InChI=1S/C10H14N6O2/c1-2-5-9(18)15-8(17)4-16(5)7-3-6(11)13-10(12)14-7/h3,5H,2,4H2,1H3,(H,15,17,18)(H4,11,12,13,14). The van der Waals surface area contributed by atoms with Crippen LogP contribution < -0.4 is 21.7 Å². The van der Waals surface area contributed by atoms with Crippen LogP contribution in [0, 0.1) is 0 Å². The second-order valence-electron chi connectivity index (χ2n) is 3.97. The van der Waals surface area contributed by atoms with E-state index in [9.17, 15) is 9.59 Å². The van der Waals surface area contributed by atoms with Gasteiger partial charge >= 0.3 is 0 Å². The summed E-state index contributed by atoms with van der Waals surface area (Å²) >= 11 is 0. The van der Waals surface area contributed by atoms with Crippen LogP contribution in [0.1, 0.15) is 13.3 Å². The largest absolute Gasteiger partial charge is 0.383 e. The lowest BCUT2D eigenvalue weighted by Crippen LogP contribution is -2.58. The van der Waals surface area contributed by atoms with Crippen LogP contribution in [0.15, 0.2) is 6.07 Å². The van der Waals surface area contributed by atoms with Crippen molar-refractivity contribution in [2.45, 2.75) is 19.4 Å². The number of hydrogen-bond acceptors (Lipinski definition) is 7. The van der Waals surface area contributed by atoms with E-state index < -0.39 is 6.04 Å². The van der Waals surface area contributed by atoms with Gasteiger partial charge in [0.2, 0.25) is 17.8 Å². The molecule has 0 saturated carbocycles. The fourth-order valence-corrected chi connectivity index (χ4v) is 1.93. The monoisotopic (exact) mass is 250 g/mol. The summed E-state index contributed by atoms with van der Waals surface area (Å²) in [4.78, 5) is 32.5. The molecule has 1 aromatic heterocycles. The number of hydrogen-bond donors (Lipinski definition) is 3. The minimum atomic E-state index is -0.462. The molecule has 1 unspecified atom stereocenters. The van der Waals surface area contributed by atoms with Crippen molar-refractivity contribution in [3.05, 3.63) is 6.07 Å². The molecule has 0 aromatic carbocycles. The summed E-state index contributed by atoms with van der Waals surface area (Å²) < 4.78 is 0. The number of aromatic nitrogens is 2. The molecule has 18 heavy (non-hydrogen) atoms. The van der Waals surface area contributed by atoms with Crippen molar-refractivity contribution in [3.63, 3.8) is 0 Å².